The molecule has 0 amide bonds. The number of aromatic amines is 1. The number of H-pyrrole nitrogens is 1. The number of aromatic nitrogens is 1. The van der Waals surface area contributed by atoms with Gasteiger partial charge in [-0.1, -0.05) is 30.3 Å². The number of benzene rings is 1. The van der Waals surface area contributed by atoms with Crippen molar-refractivity contribution in [2.24, 2.45) is 0 Å². The fraction of sp³-hybridized carbons (Fsp3) is 0.350. The van der Waals surface area contributed by atoms with Gasteiger partial charge in [-0.25, -0.2) is 4.79 Å². The Hall–Kier alpha value is -3.09. The minimum absolute atomic E-state index is 0.0845. The molecule has 0 fully saturated rings. The number of carbonyl (C=O) groups excluding carboxylic acids is 3. The van der Waals surface area contributed by atoms with Crippen molar-refractivity contribution in [3.8, 4) is 0 Å². The van der Waals surface area contributed by atoms with E-state index in [9.17, 15) is 14.4 Å². The van der Waals surface area contributed by atoms with Gasteiger partial charge in [0.2, 0.25) is 0 Å². The van der Waals surface area contributed by atoms with Crippen molar-refractivity contribution < 1.29 is 28.6 Å². The molecule has 1 aromatic carbocycles. The molecule has 1 N–H and O–H groups in total. The second-order valence-electron chi connectivity index (χ2n) is 6.10. The predicted octanol–water partition coefficient (Wildman–Crippen LogP) is 3.02. The molecule has 0 aliphatic heterocycles. The number of rotatable bonds is 7. The van der Waals surface area contributed by atoms with E-state index in [1.165, 1.54) is 14.0 Å². The number of esters is 3. The number of methoxy groups -OCH3 is 1. The molecule has 0 aliphatic carbocycles. The summed E-state index contributed by atoms with van der Waals surface area (Å²) in [7, 11) is 1.29. The SMILES string of the molecule is COC(=O)C(C)c1c(COC(C)=O)[nH]c(C(=O)OCc2ccccc2)c1C. The lowest BCUT2D eigenvalue weighted by atomic mass is 9.96. The Morgan fingerprint density at radius 1 is 1.07 bits per heavy atom. The first-order chi connectivity index (χ1) is 12.8. The van der Waals surface area contributed by atoms with Gasteiger partial charge in [-0.3, -0.25) is 9.59 Å². The highest BCUT2D eigenvalue weighted by atomic mass is 16.5. The van der Waals surface area contributed by atoms with Gasteiger partial charge >= 0.3 is 17.9 Å². The maximum atomic E-state index is 12.5. The molecule has 2 rings (SSSR count). The molecule has 1 heterocycles. The summed E-state index contributed by atoms with van der Waals surface area (Å²) in [5, 5.41) is 0. The standard InChI is InChI=1S/C20H23NO6/c1-12-17(13(2)19(23)25-4)16(11-26-14(3)22)21-18(12)20(24)27-10-15-8-6-5-7-9-15/h5-9,13,21H,10-11H2,1-4H3. The van der Waals surface area contributed by atoms with Gasteiger partial charge in [-0.2, -0.15) is 0 Å². The summed E-state index contributed by atoms with van der Waals surface area (Å²) in [6.07, 6.45) is 0. The van der Waals surface area contributed by atoms with Crippen LogP contribution in [-0.4, -0.2) is 30.0 Å². The van der Waals surface area contributed by atoms with E-state index in [0.717, 1.165) is 5.56 Å². The van der Waals surface area contributed by atoms with E-state index < -0.39 is 23.8 Å². The molecule has 1 aromatic heterocycles. The molecule has 0 aliphatic rings. The fourth-order valence-electron chi connectivity index (χ4n) is 2.84. The quantitative estimate of drug-likeness (QED) is 0.592. The van der Waals surface area contributed by atoms with Crippen molar-refractivity contribution in [1.29, 1.82) is 0 Å². The third-order valence-electron chi connectivity index (χ3n) is 4.20. The zero-order valence-corrected chi connectivity index (χ0v) is 15.8. The van der Waals surface area contributed by atoms with Crippen LogP contribution in [0.4, 0.5) is 0 Å². The molecule has 0 saturated carbocycles. The largest absolute Gasteiger partial charge is 0.469 e. The Labute approximate surface area is 157 Å². The summed E-state index contributed by atoms with van der Waals surface area (Å²) < 4.78 is 15.2. The third kappa shape index (κ3) is 4.97. The van der Waals surface area contributed by atoms with Crippen LogP contribution in [0.15, 0.2) is 30.3 Å². The molecule has 144 valence electrons. The fourth-order valence-corrected chi connectivity index (χ4v) is 2.84. The van der Waals surface area contributed by atoms with Gasteiger partial charge in [0.05, 0.1) is 18.7 Å². The van der Waals surface area contributed by atoms with Crippen LogP contribution in [0.2, 0.25) is 0 Å². The van der Waals surface area contributed by atoms with Crippen LogP contribution in [0, 0.1) is 6.92 Å². The first kappa shape index (κ1) is 20.2. The van der Waals surface area contributed by atoms with Crippen LogP contribution in [0.5, 0.6) is 0 Å². The zero-order chi connectivity index (χ0) is 20.0. The van der Waals surface area contributed by atoms with Gasteiger partial charge in [0, 0.05) is 6.92 Å². The Morgan fingerprint density at radius 2 is 1.74 bits per heavy atom. The van der Waals surface area contributed by atoms with Crippen molar-refractivity contribution >= 4 is 17.9 Å². The predicted molar refractivity (Wildman–Crippen MR) is 97.0 cm³/mol. The summed E-state index contributed by atoms with van der Waals surface area (Å²) >= 11 is 0. The average molecular weight is 373 g/mol. The number of nitrogens with one attached hydrogen (secondary N) is 1. The van der Waals surface area contributed by atoms with E-state index in [1.54, 1.807) is 13.8 Å². The number of ether oxygens (including phenoxy) is 3. The lowest BCUT2D eigenvalue weighted by Crippen LogP contribution is -2.14. The lowest BCUT2D eigenvalue weighted by molar-refractivity contribution is -0.142. The van der Waals surface area contributed by atoms with E-state index in [2.05, 4.69) is 4.98 Å². The second-order valence-corrected chi connectivity index (χ2v) is 6.10. The van der Waals surface area contributed by atoms with Crippen molar-refractivity contribution in [3.63, 3.8) is 0 Å². The molecule has 0 radical (unpaired) electrons. The third-order valence-corrected chi connectivity index (χ3v) is 4.20. The summed E-state index contributed by atoms with van der Waals surface area (Å²) in [6, 6.07) is 9.30. The first-order valence-electron chi connectivity index (χ1n) is 8.48. The van der Waals surface area contributed by atoms with Gasteiger partial charge in [0.15, 0.2) is 0 Å². The Bertz CT molecular complexity index is 824. The molecule has 7 heteroatoms. The molecule has 0 bridgehead atoms. The van der Waals surface area contributed by atoms with Crippen LogP contribution >= 0.6 is 0 Å². The molecule has 1 unspecified atom stereocenters. The van der Waals surface area contributed by atoms with E-state index >= 15 is 0 Å². The Morgan fingerprint density at radius 3 is 2.33 bits per heavy atom. The molecule has 0 spiro atoms. The van der Waals surface area contributed by atoms with Crippen LogP contribution in [0.3, 0.4) is 0 Å². The van der Waals surface area contributed by atoms with Crippen molar-refractivity contribution in [3.05, 3.63) is 58.4 Å². The van der Waals surface area contributed by atoms with E-state index in [1.807, 2.05) is 30.3 Å². The molecule has 2 aromatic rings. The highest BCUT2D eigenvalue weighted by Crippen LogP contribution is 2.29. The maximum absolute atomic E-state index is 12.5. The highest BCUT2D eigenvalue weighted by molar-refractivity contribution is 5.91. The van der Waals surface area contributed by atoms with Gasteiger partial charge in [-0.05, 0) is 30.5 Å². The van der Waals surface area contributed by atoms with Gasteiger partial charge in [-0.15, -0.1) is 0 Å². The van der Waals surface area contributed by atoms with E-state index in [0.29, 0.717) is 16.8 Å². The topological polar surface area (TPSA) is 94.7 Å². The number of hydrogen-bond acceptors (Lipinski definition) is 6. The molecule has 7 nitrogen and oxygen atoms in total. The molecule has 27 heavy (non-hydrogen) atoms. The zero-order valence-electron chi connectivity index (χ0n) is 15.8. The van der Waals surface area contributed by atoms with Crippen LogP contribution in [0.1, 0.15) is 52.6 Å². The van der Waals surface area contributed by atoms with Gasteiger partial charge in [0.25, 0.3) is 0 Å². The van der Waals surface area contributed by atoms with E-state index in [4.69, 9.17) is 14.2 Å². The van der Waals surface area contributed by atoms with Gasteiger partial charge in [0.1, 0.15) is 18.9 Å². The average Bonchev–Trinajstić information content (AvgIpc) is 3.00. The first-order valence-corrected chi connectivity index (χ1v) is 8.48. The second kappa shape index (κ2) is 9.02. The number of hydrogen-bond donors (Lipinski definition) is 1. The normalized spacial score (nSPS) is 11.6. The van der Waals surface area contributed by atoms with Crippen LogP contribution in [-0.2, 0) is 37.0 Å². The van der Waals surface area contributed by atoms with Crippen molar-refractivity contribution in [1.82, 2.24) is 4.98 Å². The van der Waals surface area contributed by atoms with Crippen LogP contribution < -0.4 is 0 Å². The Balaban J connectivity index is 2.28. The van der Waals surface area contributed by atoms with Crippen LogP contribution in [0.25, 0.3) is 0 Å². The lowest BCUT2D eigenvalue weighted by Gasteiger charge is -2.12. The molecular weight excluding hydrogens is 350 g/mol. The number of carbonyl (C=O) groups is 3. The maximum Gasteiger partial charge on any atom is 0.355 e. The summed E-state index contributed by atoms with van der Waals surface area (Å²) in [4.78, 5) is 38.6. The van der Waals surface area contributed by atoms with Crippen molar-refractivity contribution in [2.75, 3.05) is 7.11 Å². The monoisotopic (exact) mass is 373 g/mol. The van der Waals surface area contributed by atoms with Gasteiger partial charge < -0.3 is 19.2 Å². The summed E-state index contributed by atoms with van der Waals surface area (Å²) in [5.41, 5.74) is 2.67. The van der Waals surface area contributed by atoms with Crippen molar-refractivity contribution in [2.45, 2.75) is 39.9 Å². The minimum atomic E-state index is -0.632. The minimum Gasteiger partial charge on any atom is -0.469 e. The summed E-state index contributed by atoms with van der Waals surface area (Å²) in [5.74, 6) is -2.10. The molecule has 0 saturated heterocycles. The highest BCUT2D eigenvalue weighted by Gasteiger charge is 2.28. The Kier molecular flexibility index (Phi) is 6.76. The molecular formula is C20H23NO6. The summed E-state index contributed by atoms with van der Waals surface area (Å²) in [6.45, 7) is 4.70. The smallest absolute Gasteiger partial charge is 0.355 e. The van der Waals surface area contributed by atoms with E-state index in [-0.39, 0.29) is 18.9 Å². The molecule has 1 atom stereocenters.